The Labute approximate surface area is 102 Å². The summed E-state index contributed by atoms with van der Waals surface area (Å²) >= 11 is 0. The molecule has 4 bridgehead atoms. The fourth-order valence-electron chi connectivity index (χ4n) is 5.49. The number of hydrogen-bond acceptors (Lipinski definition) is 3. The van der Waals surface area contributed by atoms with E-state index in [0.29, 0.717) is 24.6 Å². The minimum atomic E-state index is -0.0778. The summed E-state index contributed by atoms with van der Waals surface area (Å²) in [5, 5.41) is 3.45. The molecule has 0 amide bonds. The van der Waals surface area contributed by atoms with Gasteiger partial charge in [0.2, 0.25) is 0 Å². The zero-order valence-electron chi connectivity index (χ0n) is 10.3. The van der Waals surface area contributed by atoms with Crippen LogP contribution in [0.2, 0.25) is 0 Å². The SMILES string of the molecule is O=C1CNC(C23CC4CC(CC(C4)C2)C3)CO1. The van der Waals surface area contributed by atoms with Crippen LogP contribution in [0.4, 0.5) is 0 Å². The number of ether oxygens (including phenoxy) is 1. The molecule has 0 aromatic heterocycles. The average Bonchev–Trinajstić information content (AvgIpc) is 2.27. The summed E-state index contributed by atoms with van der Waals surface area (Å²) in [6.07, 6.45) is 8.58. The van der Waals surface area contributed by atoms with Gasteiger partial charge in [-0.3, -0.25) is 4.79 Å². The third kappa shape index (κ3) is 1.55. The van der Waals surface area contributed by atoms with Crippen molar-refractivity contribution in [2.24, 2.45) is 23.2 Å². The summed E-state index contributed by atoms with van der Waals surface area (Å²) in [6.45, 7) is 1.04. The zero-order chi connectivity index (χ0) is 11.5. The van der Waals surface area contributed by atoms with Crippen LogP contribution < -0.4 is 5.32 Å². The number of carbonyl (C=O) groups is 1. The second-order valence-corrected chi connectivity index (χ2v) is 6.90. The van der Waals surface area contributed by atoms with E-state index in [1.54, 1.807) is 0 Å². The Morgan fingerprint density at radius 2 is 1.65 bits per heavy atom. The Hall–Kier alpha value is -0.570. The van der Waals surface area contributed by atoms with E-state index in [-0.39, 0.29) is 5.97 Å². The van der Waals surface area contributed by atoms with Crippen molar-refractivity contribution in [1.29, 1.82) is 0 Å². The number of cyclic esters (lactones) is 1. The molecule has 0 spiro atoms. The lowest BCUT2D eigenvalue weighted by molar-refractivity contribution is -0.154. The average molecular weight is 235 g/mol. The summed E-state index contributed by atoms with van der Waals surface area (Å²) in [4.78, 5) is 11.2. The van der Waals surface area contributed by atoms with Crippen LogP contribution in [0.5, 0.6) is 0 Å². The summed E-state index contributed by atoms with van der Waals surface area (Å²) in [5.41, 5.74) is 0.468. The van der Waals surface area contributed by atoms with Crippen LogP contribution in [-0.4, -0.2) is 25.2 Å². The van der Waals surface area contributed by atoms with Crippen molar-refractivity contribution in [2.75, 3.05) is 13.2 Å². The second kappa shape index (κ2) is 3.47. The molecule has 0 radical (unpaired) electrons. The number of hydrogen-bond donors (Lipinski definition) is 1. The molecule has 5 aliphatic rings. The van der Waals surface area contributed by atoms with Crippen LogP contribution in [-0.2, 0) is 9.53 Å². The molecule has 0 aromatic carbocycles. The largest absolute Gasteiger partial charge is 0.463 e. The smallest absolute Gasteiger partial charge is 0.319 e. The monoisotopic (exact) mass is 235 g/mol. The van der Waals surface area contributed by atoms with Crippen LogP contribution in [0.3, 0.4) is 0 Å². The predicted molar refractivity (Wildman–Crippen MR) is 63.4 cm³/mol. The highest BCUT2D eigenvalue weighted by atomic mass is 16.5. The first-order valence-corrected chi connectivity index (χ1v) is 7.12. The molecular formula is C14H21NO2. The van der Waals surface area contributed by atoms with Crippen molar-refractivity contribution >= 4 is 5.97 Å². The maximum atomic E-state index is 11.2. The van der Waals surface area contributed by atoms with Gasteiger partial charge in [-0.05, 0) is 61.7 Å². The molecule has 17 heavy (non-hydrogen) atoms. The third-order valence-corrected chi connectivity index (χ3v) is 5.73. The van der Waals surface area contributed by atoms with E-state index < -0.39 is 0 Å². The molecule has 4 saturated carbocycles. The van der Waals surface area contributed by atoms with Gasteiger partial charge in [0.1, 0.15) is 6.61 Å². The summed E-state index contributed by atoms with van der Waals surface area (Å²) in [6, 6.07) is 0.439. The molecule has 1 unspecified atom stereocenters. The van der Waals surface area contributed by atoms with Crippen molar-refractivity contribution in [1.82, 2.24) is 5.32 Å². The van der Waals surface area contributed by atoms with Gasteiger partial charge in [0, 0.05) is 6.04 Å². The van der Waals surface area contributed by atoms with E-state index in [0.717, 1.165) is 17.8 Å². The summed E-state index contributed by atoms with van der Waals surface area (Å²) < 4.78 is 5.28. The predicted octanol–water partition coefficient (Wildman–Crippen LogP) is 1.72. The molecular weight excluding hydrogens is 214 g/mol. The lowest BCUT2D eigenvalue weighted by atomic mass is 9.47. The van der Waals surface area contributed by atoms with E-state index >= 15 is 0 Å². The molecule has 1 aliphatic heterocycles. The van der Waals surface area contributed by atoms with Crippen LogP contribution >= 0.6 is 0 Å². The third-order valence-electron chi connectivity index (χ3n) is 5.73. The maximum Gasteiger partial charge on any atom is 0.319 e. The molecule has 3 nitrogen and oxygen atoms in total. The molecule has 5 rings (SSSR count). The molecule has 4 aliphatic carbocycles. The molecule has 1 saturated heterocycles. The first-order chi connectivity index (χ1) is 8.23. The molecule has 1 atom stereocenters. The fraction of sp³-hybridized carbons (Fsp3) is 0.929. The van der Waals surface area contributed by atoms with E-state index in [1.165, 1.54) is 38.5 Å². The molecule has 1 N–H and O–H groups in total. The standard InChI is InChI=1S/C14H21NO2/c16-13-7-15-12(8-17-13)14-4-9-1-10(5-14)3-11(2-9)6-14/h9-12,15H,1-8H2. The summed E-state index contributed by atoms with van der Waals surface area (Å²) in [5.74, 6) is 2.84. The lowest BCUT2D eigenvalue weighted by Crippen LogP contribution is -2.60. The van der Waals surface area contributed by atoms with E-state index in [4.69, 9.17) is 4.74 Å². The van der Waals surface area contributed by atoms with Crippen LogP contribution in [0.25, 0.3) is 0 Å². The van der Waals surface area contributed by atoms with Crippen molar-refractivity contribution in [3.05, 3.63) is 0 Å². The van der Waals surface area contributed by atoms with Gasteiger partial charge < -0.3 is 10.1 Å². The van der Waals surface area contributed by atoms with E-state index in [2.05, 4.69) is 5.32 Å². The number of nitrogens with one attached hydrogen (secondary N) is 1. The number of morpholine rings is 1. The van der Waals surface area contributed by atoms with Crippen LogP contribution in [0.15, 0.2) is 0 Å². The minimum Gasteiger partial charge on any atom is -0.463 e. The highest BCUT2D eigenvalue weighted by Crippen LogP contribution is 2.61. The number of rotatable bonds is 1. The van der Waals surface area contributed by atoms with Gasteiger partial charge >= 0.3 is 5.97 Å². The van der Waals surface area contributed by atoms with Gasteiger partial charge in [-0.1, -0.05) is 0 Å². The normalized spacial score (nSPS) is 52.6. The summed E-state index contributed by atoms with van der Waals surface area (Å²) in [7, 11) is 0. The van der Waals surface area contributed by atoms with Crippen molar-refractivity contribution in [3.8, 4) is 0 Å². The quantitative estimate of drug-likeness (QED) is 0.703. The first-order valence-electron chi connectivity index (χ1n) is 7.12. The molecule has 1 heterocycles. The molecule has 5 fully saturated rings. The second-order valence-electron chi connectivity index (χ2n) is 6.90. The Morgan fingerprint density at radius 1 is 1.06 bits per heavy atom. The van der Waals surface area contributed by atoms with Gasteiger partial charge in [0.05, 0.1) is 6.54 Å². The minimum absolute atomic E-state index is 0.0778. The zero-order valence-corrected chi connectivity index (χ0v) is 10.3. The Balaban J connectivity index is 1.58. The van der Waals surface area contributed by atoms with Gasteiger partial charge in [0.15, 0.2) is 0 Å². The highest BCUT2D eigenvalue weighted by Gasteiger charge is 2.54. The lowest BCUT2D eigenvalue weighted by Gasteiger charge is -2.59. The van der Waals surface area contributed by atoms with Crippen molar-refractivity contribution < 1.29 is 9.53 Å². The number of esters is 1. The van der Waals surface area contributed by atoms with Crippen molar-refractivity contribution in [2.45, 2.75) is 44.6 Å². The van der Waals surface area contributed by atoms with Crippen molar-refractivity contribution in [3.63, 3.8) is 0 Å². The maximum absolute atomic E-state index is 11.2. The molecule has 0 aromatic rings. The van der Waals surface area contributed by atoms with Gasteiger partial charge in [-0.2, -0.15) is 0 Å². The number of carbonyl (C=O) groups excluding carboxylic acids is 1. The van der Waals surface area contributed by atoms with E-state index in [1.807, 2.05) is 0 Å². The Kier molecular flexibility index (Phi) is 2.11. The first kappa shape index (κ1) is 10.4. The molecule has 94 valence electrons. The van der Waals surface area contributed by atoms with Gasteiger partial charge in [-0.15, -0.1) is 0 Å². The Bertz CT molecular complexity index is 307. The fourth-order valence-corrected chi connectivity index (χ4v) is 5.49. The van der Waals surface area contributed by atoms with Crippen LogP contribution in [0.1, 0.15) is 38.5 Å². The van der Waals surface area contributed by atoms with Gasteiger partial charge in [-0.25, -0.2) is 0 Å². The highest BCUT2D eigenvalue weighted by molar-refractivity contribution is 5.72. The molecule has 3 heteroatoms. The van der Waals surface area contributed by atoms with Gasteiger partial charge in [0.25, 0.3) is 0 Å². The Morgan fingerprint density at radius 3 is 2.12 bits per heavy atom. The van der Waals surface area contributed by atoms with E-state index in [9.17, 15) is 4.79 Å². The van der Waals surface area contributed by atoms with Crippen LogP contribution in [0, 0.1) is 23.2 Å². The topological polar surface area (TPSA) is 38.3 Å².